The van der Waals surface area contributed by atoms with Crippen molar-refractivity contribution >= 4 is 13.4 Å². The molecule has 0 N–H and O–H groups in total. The lowest BCUT2D eigenvalue weighted by Gasteiger charge is -2.32. The molecule has 0 aromatic rings. The summed E-state index contributed by atoms with van der Waals surface area (Å²) in [4.78, 5) is 10.1. The lowest BCUT2D eigenvalue weighted by Crippen LogP contribution is -2.41. The van der Waals surface area contributed by atoms with Gasteiger partial charge in [-0.1, -0.05) is 6.42 Å². The van der Waals surface area contributed by atoms with Gasteiger partial charge in [-0.15, -0.1) is 0 Å². The molecule has 0 amide bonds. The van der Waals surface area contributed by atoms with E-state index < -0.39 is 0 Å². The number of hydrogen-bond acceptors (Lipinski definition) is 3. The number of rotatable bonds is 5. The van der Waals surface area contributed by atoms with E-state index in [2.05, 4.69) is 27.7 Å². The third-order valence-corrected chi connectivity index (χ3v) is 3.31. The van der Waals surface area contributed by atoms with Crippen molar-refractivity contribution in [1.82, 2.24) is 0 Å². The zero-order valence-corrected chi connectivity index (χ0v) is 10.2. The molecule has 0 aromatic carbocycles. The lowest BCUT2D eigenvalue weighted by molar-refractivity contribution is -0.107. The van der Waals surface area contributed by atoms with Gasteiger partial charge in [0.2, 0.25) is 0 Å². The monoisotopic (exact) mass is 212 g/mol. The van der Waals surface area contributed by atoms with Crippen molar-refractivity contribution in [3.8, 4) is 0 Å². The summed E-state index contributed by atoms with van der Waals surface area (Å²) in [6.45, 7) is 8.22. The summed E-state index contributed by atoms with van der Waals surface area (Å²) in [5.74, 6) is 0. The molecule has 1 rings (SSSR count). The number of carbonyl (C=O) groups excluding carboxylic acids is 1. The Morgan fingerprint density at radius 1 is 1.07 bits per heavy atom. The highest BCUT2D eigenvalue weighted by atomic mass is 16.7. The molecule has 3 nitrogen and oxygen atoms in total. The van der Waals surface area contributed by atoms with Gasteiger partial charge in [0.25, 0.3) is 0 Å². The Kier molecular flexibility index (Phi) is 3.96. The molecule has 15 heavy (non-hydrogen) atoms. The van der Waals surface area contributed by atoms with Gasteiger partial charge < -0.3 is 14.1 Å². The second kappa shape index (κ2) is 4.66. The normalized spacial score (nSPS) is 23.1. The van der Waals surface area contributed by atoms with Gasteiger partial charge in [0.05, 0.1) is 11.2 Å². The SMILES string of the molecule is CC1(C)OB(CCCCC=O)OC1(C)C. The Morgan fingerprint density at radius 2 is 1.60 bits per heavy atom. The van der Waals surface area contributed by atoms with Crippen LogP contribution in [-0.4, -0.2) is 24.6 Å². The third kappa shape index (κ3) is 3.05. The van der Waals surface area contributed by atoms with Crippen LogP contribution in [0.25, 0.3) is 0 Å². The van der Waals surface area contributed by atoms with E-state index in [0.717, 1.165) is 25.4 Å². The molecule has 0 unspecified atom stereocenters. The van der Waals surface area contributed by atoms with Gasteiger partial charge in [0.1, 0.15) is 6.29 Å². The van der Waals surface area contributed by atoms with Gasteiger partial charge >= 0.3 is 7.12 Å². The van der Waals surface area contributed by atoms with Crippen molar-refractivity contribution in [2.24, 2.45) is 0 Å². The topological polar surface area (TPSA) is 35.5 Å². The Bertz CT molecular complexity index is 210. The van der Waals surface area contributed by atoms with Crippen LogP contribution in [-0.2, 0) is 14.1 Å². The van der Waals surface area contributed by atoms with Gasteiger partial charge in [-0.05, 0) is 40.4 Å². The van der Waals surface area contributed by atoms with Crippen molar-refractivity contribution < 1.29 is 14.1 Å². The maximum Gasteiger partial charge on any atom is 0.457 e. The van der Waals surface area contributed by atoms with Crippen LogP contribution in [0.5, 0.6) is 0 Å². The van der Waals surface area contributed by atoms with Crippen molar-refractivity contribution in [3.05, 3.63) is 0 Å². The summed E-state index contributed by atoms with van der Waals surface area (Å²) < 4.78 is 11.7. The molecule has 86 valence electrons. The van der Waals surface area contributed by atoms with Crippen LogP contribution in [0, 0.1) is 0 Å². The first-order valence-electron chi connectivity index (χ1n) is 5.68. The predicted octanol–water partition coefficient (Wildman–Crippen LogP) is 2.45. The molecule has 0 radical (unpaired) electrons. The second-order valence-electron chi connectivity index (χ2n) is 5.14. The first-order chi connectivity index (χ1) is 6.89. The second-order valence-corrected chi connectivity index (χ2v) is 5.14. The Morgan fingerprint density at radius 3 is 2.07 bits per heavy atom. The fourth-order valence-electron chi connectivity index (χ4n) is 1.62. The van der Waals surface area contributed by atoms with E-state index in [0.29, 0.717) is 6.42 Å². The fraction of sp³-hybridized carbons (Fsp3) is 0.909. The lowest BCUT2D eigenvalue weighted by atomic mass is 9.82. The summed E-state index contributed by atoms with van der Waals surface area (Å²) in [7, 11) is -0.110. The highest BCUT2D eigenvalue weighted by molar-refractivity contribution is 6.45. The van der Waals surface area contributed by atoms with Gasteiger partial charge in [-0.2, -0.15) is 0 Å². The Hall–Kier alpha value is -0.345. The van der Waals surface area contributed by atoms with Crippen molar-refractivity contribution in [1.29, 1.82) is 0 Å². The average Bonchev–Trinajstić information content (AvgIpc) is 2.30. The molecule has 0 saturated carbocycles. The Balaban J connectivity index is 2.32. The third-order valence-electron chi connectivity index (χ3n) is 3.31. The standard InChI is InChI=1S/C11H21BO3/c1-10(2)11(3,4)15-12(14-10)8-6-5-7-9-13/h9H,5-8H2,1-4H3. The molecule has 0 bridgehead atoms. The summed E-state index contributed by atoms with van der Waals surface area (Å²) in [6.07, 6.45) is 4.38. The smallest absolute Gasteiger partial charge is 0.403 e. The highest BCUT2D eigenvalue weighted by Gasteiger charge is 2.50. The Labute approximate surface area is 92.7 Å². The first kappa shape index (κ1) is 12.7. The van der Waals surface area contributed by atoms with E-state index in [1.807, 2.05) is 0 Å². The molecule has 0 aliphatic carbocycles. The zero-order chi connectivity index (χ0) is 11.5. The van der Waals surface area contributed by atoms with E-state index in [-0.39, 0.29) is 18.3 Å². The molecular weight excluding hydrogens is 191 g/mol. The molecule has 0 atom stereocenters. The van der Waals surface area contributed by atoms with Crippen LogP contribution in [0.15, 0.2) is 0 Å². The predicted molar refractivity (Wildman–Crippen MR) is 60.8 cm³/mol. The molecule has 4 heteroatoms. The molecule has 1 aliphatic heterocycles. The average molecular weight is 212 g/mol. The summed E-state index contributed by atoms with van der Waals surface area (Å²) in [5, 5.41) is 0. The van der Waals surface area contributed by atoms with Crippen LogP contribution in [0.2, 0.25) is 6.32 Å². The molecular formula is C11H21BO3. The number of hydrogen-bond donors (Lipinski definition) is 0. The van der Waals surface area contributed by atoms with E-state index >= 15 is 0 Å². The molecule has 1 heterocycles. The largest absolute Gasteiger partial charge is 0.457 e. The summed E-state index contributed by atoms with van der Waals surface area (Å²) in [6, 6.07) is 0. The minimum absolute atomic E-state index is 0.110. The van der Waals surface area contributed by atoms with E-state index in [9.17, 15) is 4.79 Å². The minimum Gasteiger partial charge on any atom is -0.403 e. The number of unbranched alkanes of at least 4 members (excludes halogenated alkanes) is 2. The molecule has 0 aromatic heterocycles. The van der Waals surface area contributed by atoms with Crippen molar-refractivity contribution in [2.75, 3.05) is 0 Å². The van der Waals surface area contributed by atoms with E-state index in [1.54, 1.807) is 0 Å². The van der Waals surface area contributed by atoms with Gasteiger partial charge in [0.15, 0.2) is 0 Å². The molecule has 1 aliphatic rings. The fourth-order valence-corrected chi connectivity index (χ4v) is 1.62. The summed E-state index contributed by atoms with van der Waals surface area (Å²) in [5.41, 5.74) is -0.468. The first-order valence-corrected chi connectivity index (χ1v) is 5.68. The van der Waals surface area contributed by atoms with Crippen LogP contribution in [0.1, 0.15) is 47.0 Å². The highest BCUT2D eigenvalue weighted by Crippen LogP contribution is 2.38. The van der Waals surface area contributed by atoms with Crippen LogP contribution >= 0.6 is 0 Å². The van der Waals surface area contributed by atoms with Crippen molar-refractivity contribution in [2.45, 2.75) is 64.5 Å². The maximum atomic E-state index is 10.1. The molecule has 1 saturated heterocycles. The number of aldehydes is 1. The van der Waals surface area contributed by atoms with Crippen molar-refractivity contribution in [3.63, 3.8) is 0 Å². The minimum atomic E-state index is -0.234. The van der Waals surface area contributed by atoms with Crippen LogP contribution in [0.4, 0.5) is 0 Å². The quantitative estimate of drug-likeness (QED) is 0.399. The maximum absolute atomic E-state index is 10.1. The van der Waals surface area contributed by atoms with E-state index in [4.69, 9.17) is 9.31 Å². The van der Waals surface area contributed by atoms with Crippen LogP contribution in [0.3, 0.4) is 0 Å². The number of carbonyl (C=O) groups is 1. The zero-order valence-electron chi connectivity index (χ0n) is 10.2. The van der Waals surface area contributed by atoms with E-state index in [1.165, 1.54) is 0 Å². The summed E-state index contributed by atoms with van der Waals surface area (Å²) >= 11 is 0. The van der Waals surface area contributed by atoms with Gasteiger partial charge in [0, 0.05) is 6.42 Å². The molecule has 0 spiro atoms. The molecule has 1 fully saturated rings. The van der Waals surface area contributed by atoms with Gasteiger partial charge in [-0.3, -0.25) is 0 Å². The van der Waals surface area contributed by atoms with Crippen LogP contribution < -0.4 is 0 Å². The van der Waals surface area contributed by atoms with Gasteiger partial charge in [-0.25, -0.2) is 0 Å².